The minimum atomic E-state index is -4.22. The quantitative estimate of drug-likeness (QED) is 0.0296. The highest BCUT2D eigenvalue weighted by molar-refractivity contribution is 14.1. The Balaban J connectivity index is 0.000000271. The lowest BCUT2D eigenvalue weighted by molar-refractivity contribution is -0.144. The number of pyridine rings is 2. The average molecular weight is 1360 g/mol. The third-order valence-electron chi connectivity index (χ3n) is 15.6. The number of aryl methyl sites for hydroxylation is 2. The number of nitrogens with two attached hydrogens (primary N) is 2. The third-order valence-corrected chi connectivity index (χ3v) is 16.2. The molecule has 486 valence electrons. The number of aromatic nitrogens is 2. The second-order valence-electron chi connectivity index (χ2n) is 23.3. The van der Waals surface area contributed by atoms with Gasteiger partial charge < -0.3 is 71.5 Å². The predicted octanol–water partition coefficient (Wildman–Crippen LogP) is 11.9. The molecule has 10 N–H and O–H groups in total. The first-order chi connectivity index (χ1) is 40.3. The number of anilines is 6. The molecule has 87 heavy (non-hydrogen) atoms. The number of nitrogens with zero attached hydrogens (tertiary/aromatic N) is 4. The van der Waals surface area contributed by atoms with Crippen LogP contribution in [0.1, 0.15) is 118 Å². The number of hydrogen-bond acceptors (Lipinski definition) is 14. The van der Waals surface area contributed by atoms with Crippen molar-refractivity contribution in [2.24, 2.45) is 11.8 Å². The first-order valence-corrected chi connectivity index (χ1v) is 30.3. The fourth-order valence-electron chi connectivity index (χ4n) is 9.63. The zero-order valence-electron chi connectivity index (χ0n) is 51.7. The van der Waals surface area contributed by atoms with Crippen molar-refractivity contribution < 1.29 is 64.9 Å². The second kappa shape index (κ2) is 32.6. The lowest BCUT2D eigenvalue weighted by Gasteiger charge is -2.32. The summed E-state index contributed by atoms with van der Waals surface area (Å²) in [5, 5.41) is 30.8. The van der Waals surface area contributed by atoms with Crippen LogP contribution in [0.15, 0.2) is 60.7 Å². The van der Waals surface area contributed by atoms with Crippen molar-refractivity contribution in [1.82, 2.24) is 19.8 Å². The largest absolute Gasteiger partial charge is 0.495 e. The van der Waals surface area contributed by atoms with Gasteiger partial charge in [-0.15, -0.1) is 0 Å². The lowest BCUT2D eigenvalue weighted by atomic mass is 9.76. The van der Waals surface area contributed by atoms with Gasteiger partial charge in [-0.05, 0) is 213 Å². The minimum absolute atomic E-state index is 0. The van der Waals surface area contributed by atoms with Crippen molar-refractivity contribution in [2.45, 2.75) is 155 Å². The first kappa shape index (κ1) is 74.4. The van der Waals surface area contributed by atoms with Gasteiger partial charge in [-0.2, -0.15) is 39.8 Å². The Morgan fingerprint density at radius 2 is 1.08 bits per heavy atom. The Hall–Kier alpha value is -5.04. The van der Waals surface area contributed by atoms with Crippen LogP contribution in [-0.2, 0) is 18.8 Å². The number of benzene rings is 2. The van der Waals surface area contributed by atoms with Crippen LogP contribution in [0, 0.1) is 29.3 Å². The maximum absolute atomic E-state index is 12.6. The van der Waals surface area contributed by atoms with Crippen molar-refractivity contribution in [1.29, 1.82) is 0 Å². The smallest absolute Gasteiger partial charge is 0.399 e. The van der Waals surface area contributed by atoms with E-state index in [9.17, 15) is 41.0 Å². The normalized spacial score (nSPS) is 19.0. The molecule has 5 fully saturated rings. The molecule has 0 unspecified atom stereocenters. The Morgan fingerprint density at radius 3 is 1.47 bits per heavy atom. The molecule has 2 atom stereocenters. The van der Waals surface area contributed by atoms with Gasteiger partial charge in [0.15, 0.2) is 0 Å². The summed E-state index contributed by atoms with van der Waals surface area (Å²) in [5.74, 6) is 1.04. The molecule has 27 heteroatoms. The van der Waals surface area contributed by atoms with Crippen LogP contribution in [0.25, 0.3) is 11.1 Å². The molecule has 9 rings (SSSR count). The van der Waals surface area contributed by atoms with Crippen molar-refractivity contribution in [3.8, 4) is 11.1 Å². The van der Waals surface area contributed by atoms with Crippen LogP contribution in [0.4, 0.5) is 70.6 Å². The number of nitrogen functional groups attached to an aromatic ring is 2. The number of aliphatic hydroxyl groups excluding tert-OH is 2. The van der Waals surface area contributed by atoms with Gasteiger partial charge in [0.25, 0.3) is 0 Å². The van der Waals surface area contributed by atoms with Gasteiger partial charge in [-0.1, -0.05) is 17.7 Å². The van der Waals surface area contributed by atoms with E-state index in [-0.39, 0.29) is 50.9 Å². The van der Waals surface area contributed by atoms with E-state index in [1.807, 2.05) is 106 Å². The van der Waals surface area contributed by atoms with Crippen molar-refractivity contribution in [2.75, 3.05) is 98.6 Å². The lowest BCUT2D eigenvalue weighted by Crippen LogP contribution is -2.41. The molecule has 0 spiro atoms. The van der Waals surface area contributed by atoms with Gasteiger partial charge in [-0.25, -0.2) is 19.6 Å². The Kier molecular flexibility index (Phi) is 27.9. The summed E-state index contributed by atoms with van der Waals surface area (Å²) in [4.78, 5) is 36.5. The number of amides is 4. The SMILES string of the molecule is CCOCC.CCOCC.Cc1ccc(NC(=O)N2CC[C@@H](CC(F)(F)F)C2)cc1-c1cc(N)nc(NC2(CO)CC2)c1.Cc1ccc(NC(=O)N2CC[C@@H](CC(F)(F)F)C2)cc1B1OC(C)(C)C(C)(C)O1.Nc1cc(I)cc(NC2(CO)CC2)n1.S. The molecular weight excluding hydrogens is 1270 g/mol. The molecule has 18 nitrogen and oxygen atoms in total. The molecule has 0 radical (unpaired) electrons. The summed E-state index contributed by atoms with van der Waals surface area (Å²) in [6.45, 7) is 24.1. The van der Waals surface area contributed by atoms with Gasteiger partial charge in [-0.3, -0.25) is 0 Å². The zero-order valence-corrected chi connectivity index (χ0v) is 54.8. The molecule has 0 bridgehead atoms. The van der Waals surface area contributed by atoms with Gasteiger partial charge in [0.2, 0.25) is 0 Å². The molecule has 4 amide bonds. The Labute approximate surface area is 529 Å². The summed E-state index contributed by atoms with van der Waals surface area (Å²) in [6.07, 6.45) is -5.74. The minimum Gasteiger partial charge on any atom is -0.399 e. The number of aliphatic hydroxyl groups is 2. The Morgan fingerprint density at radius 1 is 0.667 bits per heavy atom. The highest BCUT2D eigenvalue weighted by Crippen LogP contribution is 2.41. The molecule has 2 saturated carbocycles. The number of nitrogens with one attached hydrogen (secondary N) is 4. The van der Waals surface area contributed by atoms with E-state index in [1.54, 1.807) is 24.3 Å². The number of alkyl halides is 6. The van der Waals surface area contributed by atoms with E-state index < -0.39 is 67.4 Å². The van der Waals surface area contributed by atoms with Crippen LogP contribution < -0.4 is 38.2 Å². The monoisotopic (exact) mass is 1360 g/mol. The topological polar surface area (TPSA) is 244 Å². The summed E-state index contributed by atoms with van der Waals surface area (Å²) < 4.78 is 98.6. The number of carbonyl (C=O) groups is 2. The Bertz CT molecular complexity index is 2810. The van der Waals surface area contributed by atoms with Crippen molar-refractivity contribution in [3.05, 3.63) is 75.4 Å². The highest BCUT2D eigenvalue weighted by Gasteiger charge is 2.52. The molecule has 2 aromatic heterocycles. The summed E-state index contributed by atoms with van der Waals surface area (Å²) in [6, 6.07) is 17.4. The molecule has 2 aliphatic carbocycles. The molecule has 5 aliphatic rings. The number of ether oxygens (including phenoxy) is 2. The zero-order chi connectivity index (χ0) is 63.8. The summed E-state index contributed by atoms with van der Waals surface area (Å²) in [5.41, 5.74) is 15.7. The number of hydrogen-bond donors (Lipinski definition) is 8. The van der Waals surface area contributed by atoms with E-state index in [0.717, 1.165) is 89.2 Å². The summed E-state index contributed by atoms with van der Waals surface area (Å²) in [7, 11) is -0.556. The maximum Gasteiger partial charge on any atom is 0.495 e. The highest BCUT2D eigenvalue weighted by atomic mass is 127. The van der Waals surface area contributed by atoms with E-state index in [2.05, 4.69) is 53.8 Å². The van der Waals surface area contributed by atoms with Crippen LogP contribution in [-0.4, -0.2) is 150 Å². The standard InChI is InChI=1S/C23H28F3N5O2.C20H28BF3N2O3.C9H12IN3O.2C4H10O.H2S/c1-14-2-3-17(28-21(33)31-7-4-15(12-31)11-23(24,25)26)10-18(14)16-8-19(27)29-20(9-16)30-22(13-32)5-6-22;1-13-6-7-15(10-16(13)21-28-18(2,3)19(4,5)29-21)25-17(27)26-9-8-14(12-26)11-20(22,23)24;10-6-3-7(11)12-8(4-6)13-9(5-14)1-2-9;2*1-3-5-4-2;/h2-3,8-10,15,32H,4-7,11-13H2,1H3,(H,28,33)(H3,27,29,30);6-7,10,14H,8-9,11-12H2,1-5H3,(H,25,27);3-4,14H,1-2,5H2,(H3,11,12,13);2*3-4H2,1-2H3;1H2/t15-;14-;;;;/m00..../s1. The molecule has 3 saturated heterocycles. The number of urea groups is 2. The van der Waals surface area contributed by atoms with Crippen molar-refractivity contribution >= 4 is 95.4 Å². The van der Waals surface area contributed by atoms with E-state index >= 15 is 0 Å². The van der Waals surface area contributed by atoms with Gasteiger partial charge >= 0.3 is 31.5 Å². The van der Waals surface area contributed by atoms with E-state index in [4.69, 9.17) is 35.4 Å². The van der Waals surface area contributed by atoms with Gasteiger partial charge in [0, 0.05) is 80.4 Å². The first-order valence-electron chi connectivity index (χ1n) is 29.3. The van der Waals surface area contributed by atoms with Crippen LogP contribution in [0.3, 0.4) is 0 Å². The van der Waals surface area contributed by atoms with E-state index in [1.165, 1.54) is 9.80 Å². The van der Waals surface area contributed by atoms with Crippen LogP contribution in [0.2, 0.25) is 0 Å². The van der Waals surface area contributed by atoms with Gasteiger partial charge in [0.05, 0.1) is 35.5 Å². The van der Waals surface area contributed by atoms with Gasteiger partial charge in [0.1, 0.15) is 23.3 Å². The number of halogens is 7. The fourth-order valence-corrected chi connectivity index (χ4v) is 10.2. The molecule has 5 heterocycles. The number of likely N-dealkylation sites (tertiary alicyclic amines) is 2. The average Bonchev–Trinajstić information content (AvgIpc) is 1.75. The fraction of sp³-hybridized carbons (Fsp3) is 0.600. The molecule has 4 aromatic rings. The maximum atomic E-state index is 12.6. The second-order valence-corrected chi connectivity index (χ2v) is 24.6. The third kappa shape index (κ3) is 23.7. The van der Waals surface area contributed by atoms with Crippen molar-refractivity contribution in [3.63, 3.8) is 0 Å². The molecular formula is C60H90BF6IN10O8S. The number of carbonyl (C=O) groups excluding carboxylic acids is 2. The van der Waals surface area contributed by atoms with E-state index in [0.29, 0.717) is 54.8 Å². The number of rotatable bonds is 16. The molecule has 3 aliphatic heterocycles. The van der Waals surface area contributed by atoms with Crippen LogP contribution in [0.5, 0.6) is 0 Å². The molecule has 2 aromatic carbocycles. The predicted molar refractivity (Wildman–Crippen MR) is 346 cm³/mol. The van der Waals surface area contributed by atoms with Crippen LogP contribution >= 0.6 is 36.1 Å². The summed E-state index contributed by atoms with van der Waals surface area (Å²) >= 11 is 2.19.